The average Bonchev–Trinajstić information content (AvgIpc) is 4.03. The first-order valence-electron chi connectivity index (χ1n) is 23.3. The predicted molar refractivity (Wildman–Crippen MR) is 240 cm³/mol. The van der Waals surface area contributed by atoms with Crippen molar-refractivity contribution in [3.63, 3.8) is 0 Å². The number of amides is 10. The maximum atomic E-state index is 11.6. The Morgan fingerprint density at radius 1 is 0.474 bits per heavy atom. The second kappa shape index (κ2) is 26.9. The third-order valence-corrected chi connectivity index (χ3v) is 10.8. The lowest BCUT2D eigenvalue weighted by Crippen LogP contribution is -2.36. The second-order valence-electron chi connectivity index (χ2n) is 14.5. The number of aliphatic carboxylic acids is 3. The zero-order valence-corrected chi connectivity index (χ0v) is 40.2. The number of carboxylic acids is 3. The van der Waals surface area contributed by atoms with E-state index >= 15 is 0 Å². The van der Waals surface area contributed by atoms with Gasteiger partial charge in [0.05, 0.1) is 12.6 Å². The summed E-state index contributed by atoms with van der Waals surface area (Å²) >= 11 is 0. The summed E-state index contributed by atoms with van der Waals surface area (Å²) < 4.78 is 75.3. The third kappa shape index (κ3) is 16.2. The standard InChI is InChI=1S/C10H10N2O4.C9H8N2O4.C8H9N2O5P.C8H6N2O4.C7H6N2O5S/c1-6-7(5-11)10(16)12(9(6)15)4-2-3-8(13)14;1-5-6(4-10)9(15)11(8(5)14)3-2-7(12)13;1-5-6(4-9)8(12)10(7(5)11)2-3-16(13,14)15;1-4-5(2-9)8(14)10(7(4)13)3-6(11)12;1-4-5(2-8)7(11)9(6(4)10)3-15(12,13)14/h2-4H2,1H3,(H,13,14);2-3H2,1H3,(H,12,13);2-3H2,1H3,(H2,13,14,15);3H2,1H3,(H,11,12);3H2,1H3,(H,12,13,14)/i5*1D. The zero-order chi connectivity index (χ0) is 62.6. The van der Waals surface area contributed by atoms with E-state index in [1.54, 1.807) is 12.1 Å². The number of carboxylic acid groups (broad SMARTS) is 3. The van der Waals surface area contributed by atoms with Crippen LogP contribution in [0, 0.1) is 56.7 Å². The highest BCUT2D eigenvalue weighted by Gasteiger charge is 2.41. The Kier molecular flexibility index (Phi) is 19.7. The van der Waals surface area contributed by atoms with Crippen molar-refractivity contribution in [2.75, 3.05) is 38.2 Å². The van der Waals surface area contributed by atoms with Gasteiger partial charge in [-0.05, 0) is 40.9 Å². The summed E-state index contributed by atoms with van der Waals surface area (Å²) in [6, 6.07) is 7.63. The van der Waals surface area contributed by atoms with Gasteiger partial charge in [-0.3, -0.25) is 95.9 Å². The molecule has 0 fully saturated rings. The Labute approximate surface area is 434 Å². The maximum absolute atomic E-state index is 11.6. The lowest BCUT2D eigenvalue weighted by Gasteiger charge is -2.14. The van der Waals surface area contributed by atoms with Crippen LogP contribution >= 0.6 is 7.60 Å². The van der Waals surface area contributed by atoms with E-state index in [1.807, 2.05) is 0 Å². The second-order valence-corrected chi connectivity index (χ2v) is 17.7. The molecule has 0 aliphatic carbocycles. The molecule has 6 N–H and O–H groups in total. The number of nitriles is 5. The van der Waals surface area contributed by atoms with Crippen LogP contribution in [0.15, 0.2) is 55.7 Å². The summed E-state index contributed by atoms with van der Waals surface area (Å²) in [7, 11) is -8.87. The Hall–Kier alpha value is -9.68. The molecule has 76 heavy (non-hydrogen) atoms. The van der Waals surface area contributed by atoms with E-state index < -0.39 is 171 Å². The van der Waals surface area contributed by atoms with Crippen LogP contribution in [0.5, 0.6) is 0 Å². The molecule has 0 aromatic heterocycles. The molecule has 32 nitrogen and oxygen atoms in total. The smallest absolute Gasteiger partial charge is 0.327 e. The Balaban J connectivity index is 0.000000507. The molecule has 0 bridgehead atoms. The van der Waals surface area contributed by atoms with E-state index in [0.717, 1.165) is 4.90 Å². The van der Waals surface area contributed by atoms with Gasteiger partial charge in [-0.25, -0.2) is 0 Å². The molecule has 5 rings (SSSR count). The monoisotopic (exact) mass is 1100 g/mol. The van der Waals surface area contributed by atoms with Crippen molar-refractivity contribution < 1.29 is 112 Å². The van der Waals surface area contributed by atoms with E-state index in [1.165, 1.54) is 18.2 Å². The molecular weight excluding hydrogens is 1060 g/mol. The molecule has 0 aromatic carbocycles. The third-order valence-electron chi connectivity index (χ3n) is 9.40. The van der Waals surface area contributed by atoms with Gasteiger partial charge < -0.3 is 25.1 Å². The van der Waals surface area contributed by atoms with Crippen LogP contribution in [0.25, 0.3) is 0 Å². The van der Waals surface area contributed by atoms with Crippen molar-refractivity contribution >= 4 is 94.7 Å². The number of rotatable bonds is 14. The van der Waals surface area contributed by atoms with Crippen molar-refractivity contribution in [2.45, 2.75) is 53.8 Å². The molecule has 0 saturated heterocycles. The summed E-state index contributed by atoms with van der Waals surface area (Å²) in [6.07, 6.45) is -1.05. The molecule has 0 saturated carbocycles. The van der Waals surface area contributed by atoms with Crippen LogP contribution in [0.1, 0.15) is 60.6 Å². The van der Waals surface area contributed by atoms with Crippen molar-refractivity contribution in [3.8, 4) is 30.3 Å². The summed E-state index contributed by atoms with van der Waals surface area (Å²) in [5, 5.41) is 68.4. The number of hydrogen-bond donors (Lipinski definition) is 6. The fourth-order valence-corrected chi connectivity index (χ4v) is 6.72. The fraction of sp³-hybridized carbons (Fsp3) is 0.333. The molecule has 0 atom stereocenters. The van der Waals surface area contributed by atoms with Gasteiger partial charge in [0.15, 0.2) is 5.88 Å². The first kappa shape index (κ1) is 55.6. The first-order chi connectivity index (χ1) is 37.7. The number of imide groups is 5. The van der Waals surface area contributed by atoms with Gasteiger partial charge in [-0.15, -0.1) is 0 Å². The Morgan fingerprint density at radius 2 is 0.763 bits per heavy atom. The maximum Gasteiger partial charge on any atom is 0.327 e. The minimum absolute atomic E-state index is 0.0430. The molecule has 0 spiro atoms. The van der Waals surface area contributed by atoms with Crippen LogP contribution in [0.2, 0.25) is 0 Å². The van der Waals surface area contributed by atoms with Crippen LogP contribution in [0.4, 0.5) is 0 Å². The van der Waals surface area contributed by atoms with Gasteiger partial charge in [0.1, 0.15) is 64.8 Å². The van der Waals surface area contributed by atoms with Crippen molar-refractivity contribution in [1.29, 1.82) is 26.3 Å². The molecule has 0 radical (unpaired) electrons. The number of carbonyl (C=O) groups excluding carboxylic acids is 10. The molecule has 400 valence electrons. The number of nitrogens with zero attached hydrogens (tertiary/aromatic N) is 10. The van der Waals surface area contributed by atoms with E-state index in [2.05, 4.69) is 0 Å². The average molecular weight is 1100 g/mol. The van der Waals surface area contributed by atoms with Crippen molar-refractivity contribution in [1.82, 2.24) is 24.5 Å². The SMILES string of the molecule is [2H]CC1=C(C#N)C(=O)N(CC(=O)O)C1=O.[2H]CC1=C(C#N)C(=O)N(CCC(=O)O)C1=O.[2H]CC1=C(C#N)C(=O)N(CCCC(=O)O)C1=O.[2H]CC1=C(C#N)C(=O)N(CCP(=O)(O)O)C1=O.[2H]CC1=C(C#N)C(=O)N(CS(=O)(=O)O)C1=O. The predicted octanol–water partition coefficient (Wildman–Crippen LogP) is -2.58. The number of hydrogen-bond acceptors (Lipinski definition) is 21. The first-order valence-corrected chi connectivity index (χ1v) is 23.2. The molecule has 0 aromatic rings. The zero-order valence-electron chi connectivity index (χ0n) is 43.4. The highest BCUT2D eigenvalue weighted by molar-refractivity contribution is 7.85. The Morgan fingerprint density at radius 3 is 1.04 bits per heavy atom. The van der Waals surface area contributed by atoms with Crippen LogP contribution in [-0.2, 0) is 77.0 Å². The Bertz CT molecular complexity index is 3340. The van der Waals surface area contributed by atoms with Crippen molar-refractivity contribution in [3.05, 3.63) is 55.7 Å². The van der Waals surface area contributed by atoms with Crippen LogP contribution in [0.3, 0.4) is 0 Å². The fourth-order valence-electron chi connectivity index (χ4n) is 5.70. The quantitative estimate of drug-likeness (QED) is 0.0591. The summed E-state index contributed by atoms with van der Waals surface area (Å²) in [4.78, 5) is 166. The minimum atomic E-state index is -4.55. The highest BCUT2D eigenvalue weighted by atomic mass is 32.2. The van der Waals surface area contributed by atoms with Crippen molar-refractivity contribution in [2.24, 2.45) is 0 Å². The summed E-state index contributed by atoms with van der Waals surface area (Å²) in [6.45, 7) is -4.08. The lowest BCUT2D eigenvalue weighted by molar-refractivity contribution is -0.147. The van der Waals surface area contributed by atoms with E-state index in [4.69, 9.17) is 62.8 Å². The molecule has 5 aliphatic heterocycles. The van der Waals surface area contributed by atoms with Gasteiger partial charge in [0, 0.05) is 60.8 Å². The molecular formula is C42H39N10O22PS. The normalized spacial score (nSPS) is 17.2. The molecule has 34 heteroatoms. The van der Waals surface area contributed by atoms with Crippen LogP contribution < -0.4 is 0 Å². The highest BCUT2D eigenvalue weighted by Crippen LogP contribution is 2.34. The van der Waals surface area contributed by atoms with Gasteiger partial charge in [-0.2, -0.15) is 34.7 Å². The molecule has 10 amide bonds. The van der Waals surface area contributed by atoms with E-state index in [9.17, 15) is 75.3 Å². The van der Waals surface area contributed by atoms with Crippen LogP contribution in [-0.4, -0.2) is 178 Å². The topological polar surface area (TPSA) is 530 Å². The lowest BCUT2D eigenvalue weighted by atomic mass is 10.2. The molecule has 5 heterocycles. The summed E-state index contributed by atoms with van der Waals surface area (Å²) in [5.41, 5.74) is -3.20. The molecule has 0 unspecified atom stereocenters. The molecule has 5 aliphatic rings. The largest absolute Gasteiger partial charge is 0.481 e. The van der Waals surface area contributed by atoms with Gasteiger partial charge in [-0.1, -0.05) is 0 Å². The summed E-state index contributed by atoms with van der Waals surface area (Å²) in [5.74, 6) is -13.3. The number of carbonyl (C=O) groups is 13. The van der Waals surface area contributed by atoms with Gasteiger partial charge in [0.2, 0.25) is 0 Å². The van der Waals surface area contributed by atoms with E-state index in [0.29, 0.717) is 14.7 Å². The minimum Gasteiger partial charge on any atom is -0.481 e. The van der Waals surface area contributed by atoms with E-state index in [-0.39, 0.29) is 76.3 Å². The van der Waals surface area contributed by atoms with Gasteiger partial charge >= 0.3 is 25.5 Å². The van der Waals surface area contributed by atoms with Gasteiger partial charge in [0.25, 0.3) is 69.2 Å².